The van der Waals surface area contributed by atoms with Crippen molar-refractivity contribution in [3.8, 4) is 0 Å². The van der Waals surface area contributed by atoms with Crippen molar-refractivity contribution < 1.29 is 18.0 Å². The molecule has 7 nitrogen and oxygen atoms in total. The Morgan fingerprint density at radius 2 is 2.04 bits per heavy atom. The highest BCUT2D eigenvalue weighted by molar-refractivity contribution is 6.05. The maximum Gasteiger partial charge on any atom is 0.432 e. The zero-order valence-electron chi connectivity index (χ0n) is 12.6. The molecule has 0 radical (unpaired) electrons. The molecule has 2 heterocycles. The van der Waals surface area contributed by atoms with Crippen molar-refractivity contribution in [2.45, 2.75) is 25.1 Å². The van der Waals surface area contributed by atoms with Crippen LogP contribution in [0.2, 0.25) is 0 Å². The Morgan fingerprint density at radius 1 is 1.28 bits per heavy atom. The normalized spacial score (nSPS) is 14.8. The van der Waals surface area contributed by atoms with Crippen LogP contribution in [-0.4, -0.2) is 25.7 Å². The predicted molar refractivity (Wildman–Crippen MR) is 82.4 cm³/mol. The van der Waals surface area contributed by atoms with E-state index in [1.807, 2.05) is 5.10 Å². The first-order chi connectivity index (χ1) is 11.8. The van der Waals surface area contributed by atoms with Gasteiger partial charge in [-0.25, -0.2) is 4.79 Å². The molecule has 1 amide bonds. The number of nitrogens with zero attached hydrogens (tertiary/aromatic N) is 2. The molecular weight excluding hydrogens is 339 g/mol. The Hall–Kier alpha value is -3.04. The standard InChI is InChI=1S/C15H12F3N5O2/c16-15(17,18)11-6-12(22-21-11)20-13(24)7-1-4-10-9(5-7)19-14(25)23(10)8-2-3-8/h1,4-6,8H,2-3H2,(H,19,25)(H2,20,21,22,24). The van der Waals surface area contributed by atoms with Crippen LogP contribution in [0.1, 0.15) is 34.9 Å². The van der Waals surface area contributed by atoms with Gasteiger partial charge in [0.2, 0.25) is 0 Å². The molecule has 1 aliphatic carbocycles. The number of nitrogens with one attached hydrogen (secondary N) is 3. The third-order valence-electron chi connectivity index (χ3n) is 4.02. The second-order valence-corrected chi connectivity index (χ2v) is 5.88. The van der Waals surface area contributed by atoms with Crippen molar-refractivity contribution in [3.05, 3.63) is 46.0 Å². The van der Waals surface area contributed by atoms with Crippen LogP contribution in [0.4, 0.5) is 19.0 Å². The molecule has 0 bridgehead atoms. The number of fused-ring (bicyclic) bond motifs is 1. The lowest BCUT2D eigenvalue weighted by molar-refractivity contribution is -0.141. The number of halogens is 3. The van der Waals surface area contributed by atoms with Crippen molar-refractivity contribution in [2.24, 2.45) is 0 Å². The van der Waals surface area contributed by atoms with E-state index in [1.54, 1.807) is 10.6 Å². The van der Waals surface area contributed by atoms with Gasteiger partial charge in [-0.3, -0.25) is 14.5 Å². The van der Waals surface area contributed by atoms with E-state index >= 15 is 0 Å². The SMILES string of the molecule is O=C(Nc1cc(C(F)(F)F)[nH]n1)c1ccc2c(c1)[nH]c(=O)n2C1CC1. The second-order valence-electron chi connectivity index (χ2n) is 5.88. The second kappa shape index (κ2) is 5.23. The van der Waals surface area contributed by atoms with Crippen LogP contribution in [0, 0.1) is 0 Å². The van der Waals surface area contributed by atoms with Gasteiger partial charge in [0.05, 0.1) is 11.0 Å². The number of benzene rings is 1. The van der Waals surface area contributed by atoms with Gasteiger partial charge in [-0.1, -0.05) is 0 Å². The highest BCUT2D eigenvalue weighted by Crippen LogP contribution is 2.35. The number of hydrogen-bond acceptors (Lipinski definition) is 3. The van der Waals surface area contributed by atoms with Gasteiger partial charge in [0.1, 0.15) is 5.69 Å². The number of carbonyl (C=O) groups is 1. The molecule has 0 unspecified atom stereocenters. The molecular formula is C15H12F3N5O2. The smallest absolute Gasteiger partial charge is 0.306 e. The van der Waals surface area contributed by atoms with Crippen LogP contribution in [0.3, 0.4) is 0 Å². The average molecular weight is 351 g/mol. The minimum atomic E-state index is -4.57. The molecule has 0 aliphatic heterocycles. The number of carbonyl (C=O) groups excluding carboxylic acids is 1. The molecule has 0 spiro atoms. The Bertz CT molecular complexity index is 1030. The summed E-state index contributed by atoms with van der Waals surface area (Å²) in [6.45, 7) is 0. The molecule has 1 aromatic carbocycles. The summed E-state index contributed by atoms with van der Waals surface area (Å²) in [4.78, 5) is 26.9. The molecule has 4 rings (SSSR count). The summed E-state index contributed by atoms with van der Waals surface area (Å²) < 4.78 is 39.2. The fourth-order valence-corrected chi connectivity index (χ4v) is 2.69. The van der Waals surface area contributed by atoms with Crippen LogP contribution >= 0.6 is 0 Å². The fraction of sp³-hybridized carbons (Fsp3) is 0.267. The molecule has 1 aliphatic rings. The number of amides is 1. The van der Waals surface area contributed by atoms with E-state index in [9.17, 15) is 22.8 Å². The molecule has 3 N–H and O–H groups in total. The van der Waals surface area contributed by atoms with Crippen molar-refractivity contribution >= 4 is 22.8 Å². The number of anilines is 1. The first-order valence-corrected chi connectivity index (χ1v) is 7.51. The van der Waals surface area contributed by atoms with E-state index in [2.05, 4.69) is 15.4 Å². The minimum Gasteiger partial charge on any atom is -0.306 e. The monoisotopic (exact) mass is 351 g/mol. The zero-order valence-corrected chi connectivity index (χ0v) is 12.6. The van der Waals surface area contributed by atoms with E-state index in [-0.39, 0.29) is 23.1 Å². The average Bonchev–Trinajstić information content (AvgIpc) is 3.14. The van der Waals surface area contributed by atoms with Gasteiger partial charge < -0.3 is 10.3 Å². The molecule has 130 valence electrons. The van der Waals surface area contributed by atoms with Crippen LogP contribution in [0.25, 0.3) is 11.0 Å². The molecule has 25 heavy (non-hydrogen) atoms. The Labute approximate surface area is 137 Å². The van der Waals surface area contributed by atoms with Crippen molar-refractivity contribution in [3.63, 3.8) is 0 Å². The van der Waals surface area contributed by atoms with Crippen LogP contribution < -0.4 is 11.0 Å². The predicted octanol–water partition coefficient (Wildman–Crippen LogP) is 2.66. The summed E-state index contributed by atoms with van der Waals surface area (Å²) in [5.74, 6) is -0.858. The van der Waals surface area contributed by atoms with E-state index in [1.165, 1.54) is 12.1 Å². The molecule has 0 atom stereocenters. The zero-order chi connectivity index (χ0) is 17.8. The number of aromatic nitrogens is 4. The number of rotatable bonds is 3. The highest BCUT2D eigenvalue weighted by atomic mass is 19.4. The topological polar surface area (TPSA) is 95.6 Å². The Balaban J connectivity index is 1.60. The van der Waals surface area contributed by atoms with Gasteiger partial charge in [0.25, 0.3) is 5.91 Å². The first kappa shape index (κ1) is 15.5. The van der Waals surface area contributed by atoms with Crippen molar-refractivity contribution in [1.29, 1.82) is 0 Å². The first-order valence-electron chi connectivity index (χ1n) is 7.51. The van der Waals surface area contributed by atoms with E-state index < -0.39 is 17.8 Å². The summed E-state index contributed by atoms with van der Waals surface area (Å²) >= 11 is 0. The summed E-state index contributed by atoms with van der Waals surface area (Å²) in [7, 11) is 0. The molecule has 10 heteroatoms. The van der Waals surface area contributed by atoms with Gasteiger partial charge in [0, 0.05) is 17.7 Å². The van der Waals surface area contributed by atoms with Gasteiger partial charge in [0.15, 0.2) is 5.82 Å². The van der Waals surface area contributed by atoms with Gasteiger partial charge in [-0.2, -0.15) is 18.3 Å². The number of hydrogen-bond donors (Lipinski definition) is 3. The lowest BCUT2D eigenvalue weighted by Gasteiger charge is -2.03. The van der Waals surface area contributed by atoms with Crippen molar-refractivity contribution in [2.75, 3.05) is 5.32 Å². The molecule has 3 aromatic rings. The maximum atomic E-state index is 12.5. The van der Waals surface area contributed by atoms with Gasteiger partial charge in [-0.05, 0) is 31.0 Å². The third-order valence-corrected chi connectivity index (χ3v) is 4.02. The van der Waals surface area contributed by atoms with Crippen LogP contribution in [0.15, 0.2) is 29.1 Å². The third kappa shape index (κ3) is 2.79. The lowest BCUT2D eigenvalue weighted by Crippen LogP contribution is -2.14. The summed E-state index contributed by atoms with van der Waals surface area (Å²) in [5, 5.41) is 7.53. The Kier molecular flexibility index (Phi) is 3.24. The van der Waals surface area contributed by atoms with Crippen molar-refractivity contribution in [1.82, 2.24) is 19.7 Å². The highest BCUT2D eigenvalue weighted by Gasteiger charge is 2.33. The summed E-state index contributed by atoms with van der Waals surface area (Å²) in [6, 6.07) is 5.54. The molecule has 0 saturated heterocycles. The molecule has 1 saturated carbocycles. The lowest BCUT2D eigenvalue weighted by atomic mass is 10.2. The molecule has 1 fully saturated rings. The van der Waals surface area contributed by atoms with E-state index in [4.69, 9.17) is 0 Å². The minimum absolute atomic E-state index is 0.186. The number of aromatic amines is 2. The maximum absolute atomic E-state index is 12.5. The van der Waals surface area contributed by atoms with Gasteiger partial charge >= 0.3 is 11.9 Å². The Morgan fingerprint density at radius 3 is 2.68 bits per heavy atom. The largest absolute Gasteiger partial charge is 0.432 e. The molecule has 2 aromatic heterocycles. The summed E-state index contributed by atoms with van der Waals surface area (Å²) in [5.41, 5.74) is 0.111. The number of imidazole rings is 1. The number of alkyl halides is 3. The van der Waals surface area contributed by atoms with Crippen LogP contribution in [-0.2, 0) is 6.18 Å². The van der Waals surface area contributed by atoms with Crippen LogP contribution in [0.5, 0.6) is 0 Å². The summed E-state index contributed by atoms with van der Waals surface area (Å²) in [6.07, 6.45) is -2.69. The number of H-pyrrole nitrogens is 2. The quantitative estimate of drug-likeness (QED) is 0.677. The van der Waals surface area contributed by atoms with E-state index in [0.717, 1.165) is 12.8 Å². The van der Waals surface area contributed by atoms with E-state index in [0.29, 0.717) is 17.1 Å². The fourth-order valence-electron chi connectivity index (χ4n) is 2.69. The van der Waals surface area contributed by atoms with Gasteiger partial charge in [-0.15, -0.1) is 0 Å².